The summed E-state index contributed by atoms with van der Waals surface area (Å²) in [4.78, 5) is 20.0. The van der Waals surface area contributed by atoms with Crippen molar-refractivity contribution in [3.8, 4) is 0 Å². The molecule has 0 aromatic carbocycles. The molecule has 1 fully saturated rings. The molecule has 0 amide bonds. The number of oxazole rings is 1. The van der Waals surface area contributed by atoms with Crippen LogP contribution in [0.3, 0.4) is 0 Å². The SMILES string of the molecule is O=c1[nH]c2nccc(N3CCNCC3)c2o1. The summed E-state index contributed by atoms with van der Waals surface area (Å²) in [7, 11) is 0. The van der Waals surface area contributed by atoms with Gasteiger partial charge in [-0.15, -0.1) is 0 Å². The lowest BCUT2D eigenvalue weighted by molar-refractivity contribution is 0.547. The highest BCUT2D eigenvalue weighted by Gasteiger charge is 2.16. The van der Waals surface area contributed by atoms with Crippen LogP contribution in [0.1, 0.15) is 0 Å². The summed E-state index contributed by atoms with van der Waals surface area (Å²) in [5.74, 6) is -0.454. The van der Waals surface area contributed by atoms with Gasteiger partial charge in [0.25, 0.3) is 0 Å². The number of hydrogen-bond donors (Lipinski definition) is 2. The lowest BCUT2D eigenvalue weighted by Crippen LogP contribution is -2.43. The zero-order valence-electron chi connectivity index (χ0n) is 8.69. The van der Waals surface area contributed by atoms with E-state index in [0.717, 1.165) is 31.9 Å². The first-order valence-electron chi connectivity index (χ1n) is 5.28. The minimum Gasteiger partial charge on any atom is -0.404 e. The number of aromatic amines is 1. The van der Waals surface area contributed by atoms with E-state index in [9.17, 15) is 4.79 Å². The molecule has 6 nitrogen and oxygen atoms in total. The molecule has 1 aliphatic heterocycles. The molecule has 2 aromatic rings. The maximum atomic E-state index is 11.1. The van der Waals surface area contributed by atoms with Crippen molar-refractivity contribution in [3.05, 3.63) is 22.8 Å². The van der Waals surface area contributed by atoms with Crippen LogP contribution in [0, 0.1) is 0 Å². The highest BCUT2D eigenvalue weighted by Crippen LogP contribution is 2.23. The molecule has 3 heterocycles. The Morgan fingerprint density at radius 2 is 2.19 bits per heavy atom. The Morgan fingerprint density at radius 3 is 3.00 bits per heavy atom. The fraction of sp³-hybridized carbons (Fsp3) is 0.400. The number of aromatic nitrogens is 2. The van der Waals surface area contributed by atoms with Crippen molar-refractivity contribution < 1.29 is 4.42 Å². The van der Waals surface area contributed by atoms with E-state index in [0.29, 0.717) is 11.2 Å². The summed E-state index contributed by atoms with van der Waals surface area (Å²) >= 11 is 0. The molecule has 16 heavy (non-hydrogen) atoms. The van der Waals surface area contributed by atoms with Crippen LogP contribution in [0.15, 0.2) is 21.5 Å². The predicted octanol–water partition coefficient (Wildman–Crippen LogP) is -0.0743. The Hall–Kier alpha value is -1.82. The van der Waals surface area contributed by atoms with Crippen molar-refractivity contribution in [2.75, 3.05) is 31.1 Å². The van der Waals surface area contributed by atoms with Gasteiger partial charge in [-0.2, -0.15) is 0 Å². The van der Waals surface area contributed by atoms with E-state index < -0.39 is 5.76 Å². The van der Waals surface area contributed by atoms with E-state index >= 15 is 0 Å². The van der Waals surface area contributed by atoms with E-state index in [-0.39, 0.29) is 0 Å². The van der Waals surface area contributed by atoms with Crippen LogP contribution in [-0.2, 0) is 0 Å². The second-order valence-electron chi connectivity index (χ2n) is 3.76. The van der Waals surface area contributed by atoms with Crippen LogP contribution in [0.25, 0.3) is 11.2 Å². The fourth-order valence-electron chi connectivity index (χ4n) is 2.00. The van der Waals surface area contributed by atoms with Gasteiger partial charge in [-0.1, -0.05) is 0 Å². The fourth-order valence-corrected chi connectivity index (χ4v) is 2.00. The maximum Gasteiger partial charge on any atom is 0.418 e. The van der Waals surface area contributed by atoms with Crippen molar-refractivity contribution >= 4 is 16.9 Å². The standard InChI is InChI=1S/C10H12N4O2/c15-10-13-9-8(16-10)7(1-2-12-9)14-5-3-11-4-6-14/h1-2,11H,3-6H2,(H,12,13,15). The molecule has 0 unspecified atom stereocenters. The minimum atomic E-state index is -0.454. The largest absolute Gasteiger partial charge is 0.418 e. The van der Waals surface area contributed by atoms with Crippen LogP contribution in [0.2, 0.25) is 0 Å². The molecule has 84 valence electrons. The Balaban J connectivity index is 2.11. The van der Waals surface area contributed by atoms with Crippen molar-refractivity contribution in [1.82, 2.24) is 15.3 Å². The van der Waals surface area contributed by atoms with Crippen molar-refractivity contribution in [3.63, 3.8) is 0 Å². The zero-order valence-corrected chi connectivity index (χ0v) is 8.69. The van der Waals surface area contributed by atoms with Gasteiger partial charge in [0.15, 0.2) is 11.2 Å². The molecule has 6 heteroatoms. The topological polar surface area (TPSA) is 74.2 Å². The van der Waals surface area contributed by atoms with E-state index in [1.54, 1.807) is 6.20 Å². The predicted molar refractivity (Wildman–Crippen MR) is 59.7 cm³/mol. The minimum absolute atomic E-state index is 0.454. The Kier molecular flexibility index (Phi) is 2.14. The van der Waals surface area contributed by atoms with E-state index in [1.807, 2.05) is 6.07 Å². The molecule has 0 saturated carbocycles. The van der Waals surface area contributed by atoms with E-state index in [1.165, 1.54) is 0 Å². The quantitative estimate of drug-likeness (QED) is 0.703. The summed E-state index contributed by atoms with van der Waals surface area (Å²) < 4.78 is 5.12. The number of pyridine rings is 1. The third-order valence-electron chi connectivity index (χ3n) is 2.76. The summed E-state index contributed by atoms with van der Waals surface area (Å²) in [6, 6.07) is 1.88. The van der Waals surface area contributed by atoms with Crippen molar-refractivity contribution in [2.45, 2.75) is 0 Å². The van der Waals surface area contributed by atoms with Gasteiger partial charge in [-0.05, 0) is 6.07 Å². The molecule has 1 saturated heterocycles. The monoisotopic (exact) mass is 220 g/mol. The second-order valence-corrected chi connectivity index (χ2v) is 3.76. The molecule has 0 atom stereocenters. The van der Waals surface area contributed by atoms with Crippen LogP contribution in [0.5, 0.6) is 0 Å². The first kappa shape index (κ1) is 9.41. The third kappa shape index (κ3) is 1.47. The first-order valence-corrected chi connectivity index (χ1v) is 5.28. The molecule has 3 rings (SSSR count). The van der Waals surface area contributed by atoms with Gasteiger partial charge in [0.05, 0.1) is 5.69 Å². The van der Waals surface area contributed by atoms with Gasteiger partial charge < -0.3 is 14.6 Å². The first-order chi connectivity index (χ1) is 7.84. The number of hydrogen-bond acceptors (Lipinski definition) is 5. The molecule has 0 spiro atoms. The lowest BCUT2D eigenvalue weighted by Gasteiger charge is -2.28. The van der Waals surface area contributed by atoms with Crippen molar-refractivity contribution in [2.24, 2.45) is 0 Å². The Morgan fingerprint density at radius 1 is 1.38 bits per heavy atom. The number of fused-ring (bicyclic) bond motifs is 1. The highest BCUT2D eigenvalue weighted by molar-refractivity contribution is 5.83. The number of anilines is 1. The zero-order chi connectivity index (χ0) is 11.0. The van der Waals surface area contributed by atoms with E-state index in [4.69, 9.17) is 4.42 Å². The number of nitrogens with zero attached hydrogens (tertiary/aromatic N) is 2. The Bertz CT molecular complexity index is 553. The smallest absolute Gasteiger partial charge is 0.404 e. The number of H-pyrrole nitrogens is 1. The summed E-state index contributed by atoms with van der Waals surface area (Å²) in [6.45, 7) is 3.71. The summed E-state index contributed by atoms with van der Waals surface area (Å²) in [5.41, 5.74) is 2.00. The van der Waals surface area contributed by atoms with Gasteiger partial charge in [0.2, 0.25) is 0 Å². The average molecular weight is 220 g/mol. The average Bonchev–Trinajstić information content (AvgIpc) is 2.70. The van der Waals surface area contributed by atoms with Gasteiger partial charge in [0, 0.05) is 32.4 Å². The molecule has 2 aromatic heterocycles. The van der Waals surface area contributed by atoms with Gasteiger partial charge in [-0.25, -0.2) is 9.78 Å². The lowest BCUT2D eigenvalue weighted by atomic mass is 10.3. The second kappa shape index (κ2) is 3.64. The molecule has 0 aliphatic carbocycles. The highest BCUT2D eigenvalue weighted by atomic mass is 16.4. The summed E-state index contributed by atoms with van der Waals surface area (Å²) in [5, 5.41) is 3.28. The van der Waals surface area contributed by atoms with Gasteiger partial charge in [0.1, 0.15) is 0 Å². The third-order valence-corrected chi connectivity index (χ3v) is 2.76. The van der Waals surface area contributed by atoms with Crippen LogP contribution in [0.4, 0.5) is 5.69 Å². The normalized spacial score (nSPS) is 16.9. The molecular weight excluding hydrogens is 208 g/mol. The molecule has 2 N–H and O–H groups in total. The van der Waals surface area contributed by atoms with Gasteiger partial charge in [-0.3, -0.25) is 4.98 Å². The van der Waals surface area contributed by atoms with Gasteiger partial charge >= 0.3 is 5.76 Å². The van der Waals surface area contributed by atoms with Crippen molar-refractivity contribution in [1.29, 1.82) is 0 Å². The van der Waals surface area contributed by atoms with Crippen LogP contribution >= 0.6 is 0 Å². The molecule has 1 aliphatic rings. The summed E-state index contributed by atoms with van der Waals surface area (Å²) in [6.07, 6.45) is 1.69. The molecular formula is C10H12N4O2. The van der Waals surface area contributed by atoms with E-state index in [2.05, 4.69) is 20.2 Å². The number of nitrogens with one attached hydrogen (secondary N) is 2. The maximum absolute atomic E-state index is 11.1. The molecule has 0 bridgehead atoms. The number of rotatable bonds is 1. The number of piperazine rings is 1. The molecule has 0 radical (unpaired) electrons. The Labute approximate surface area is 91.3 Å². The van der Waals surface area contributed by atoms with Crippen LogP contribution in [-0.4, -0.2) is 36.1 Å². The van der Waals surface area contributed by atoms with Crippen LogP contribution < -0.4 is 16.0 Å².